The highest BCUT2D eigenvalue weighted by molar-refractivity contribution is 5.22. The van der Waals surface area contributed by atoms with Crippen LogP contribution in [0.5, 0.6) is 0 Å². The van der Waals surface area contributed by atoms with E-state index in [1.165, 1.54) is 6.07 Å². The van der Waals surface area contributed by atoms with Crippen LogP contribution < -0.4 is 0 Å². The van der Waals surface area contributed by atoms with Gasteiger partial charge in [0.15, 0.2) is 0 Å². The minimum Gasteiger partial charge on any atom is -0.392 e. The largest absolute Gasteiger partial charge is 0.392 e. The van der Waals surface area contributed by atoms with Crippen LogP contribution in [0.3, 0.4) is 0 Å². The average Bonchev–Trinajstić information content (AvgIpc) is 3.00. The quantitative estimate of drug-likeness (QED) is 0.886. The van der Waals surface area contributed by atoms with Crippen molar-refractivity contribution in [1.29, 1.82) is 0 Å². The Morgan fingerprint density at radius 1 is 1.47 bits per heavy atom. The van der Waals surface area contributed by atoms with Crippen molar-refractivity contribution in [2.45, 2.75) is 25.1 Å². The van der Waals surface area contributed by atoms with Crippen molar-refractivity contribution in [1.82, 2.24) is 14.9 Å². The molecular weight excluding hydrogens is 245 g/mol. The SMILES string of the molecule is O[C@H]1C[C@H](c2cccc(F)c2)N(Cc2cnc[nH]2)C1. The van der Waals surface area contributed by atoms with Crippen molar-refractivity contribution in [3.63, 3.8) is 0 Å². The first-order chi connectivity index (χ1) is 9.22. The number of nitrogens with zero attached hydrogens (tertiary/aromatic N) is 2. The molecule has 1 aromatic heterocycles. The number of benzene rings is 1. The lowest BCUT2D eigenvalue weighted by molar-refractivity contribution is 0.172. The maximum absolute atomic E-state index is 13.3. The summed E-state index contributed by atoms with van der Waals surface area (Å²) >= 11 is 0. The lowest BCUT2D eigenvalue weighted by Crippen LogP contribution is -2.24. The third-order valence-electron chi connectivity index (χ3n) is 3.54. The summed E-state index contributed by atoms with van der Waals surface area (Å²) < 4.78 is 13.3. The van der Waals surface area contributed by atoms with E-state index in [9.17, 15) is 9.50 Å². The minimum absolute atomic E-state index is 0.0500. The lowest BCUT2D eigenvalue weighted by Gasteiger charge is -2.23. The summed E-state index contributed by atoms with van der Waals surface area (Å²) in [5.41, 5.74) is 1.91. The number of hydrogen-bond donors (Lipinski definition) is 2. The standard InChI is InChI=1S/C14H16FN3O/c15-11-3-1-2-10(4-11)14-5-13(19)8-18(14)7-12-6-16-9-17-12/h1-4,6,9,13-14,19H,5,7-8H2,(H,16,17)/t13-,14+/m0/s1. The molecule has 2 atom stereocenters. The maximum atomic E-state index is 13.3. The van der Waals surface area contributed by atoms with Gasteiger partial charge >= 0.3 is 0 Å². The Bertz CT molecular complexity index is 543. The highest BCUT2D eigenvalue weighted by Gasteiger charge is 2.32. The van der Waals surface area contributed by atoms with Gasteiger partial charge in [0.05, 0.1) is 12.4 Å². The van der Waals surface area contributed by atoms with Crippen LogP contribution in [-0.4, -0.2) is 32.6 Å². The molecule has 2 heterocycles. The lowest BCUT2D eigenvalue weighted by atomic mass is 10.0. The predicted octanol–water partition coefficient (Wildman–Crippen LogP) is 1.86. The van der Waals surface area contributed by atoms with Gasteiger partial charge < -0.3 is 10.1 Å². The number of hydrogen-bond acceptors (Lipinski definition) is 3. The monoisotopic (exact) mass is 261 g/mol. The van der Waals surface area contributed by atoms with E-state index in [1.807, 2.05) is 6.07 Å². The minimum atomic E-state index is -0.365. The fourth-order valence-corrected chi connectivity index (χ4v) is 2.70. The molecule has 0 radical (unpaired) electrons. The van der Waals surface area contributed by atoms with Crippen molar-refractivity contribution >= 4 is 0 Å². The van der Waals surface area contributed by atoms with E-state index in [1.54, 1.807) is 24.7 Å². The zero-order chi connectivity index (χ0) is 13.2. The molecule has 0 bridgehead atoms. The number of rotatable bonds is 3. The number of H-pyrrole nitrogens is 1. The molecule has 5 heteroatoms. The van der Waals surface area contributed by atoms with E-state index in [-0.39, 0.29) is 18.0 Å². The molecule has 0 aliphatic carbocycles. The van der Waals surface area contributed by atoms with Gasteiger partial charge in [-0.3, -0.25) is 4.90 Å². The second-order valence-electron chi connectivity index (χ2n) is 4.97. The van der Waals surface area contributed by atoms with E-state index in [2.05, 4.69) is 14.9 Å². The molecule has 0 spiro atoms. The van der Waals surface area contributed by atoms with Crippen LogP contribution in [0.25, 0.3) is 0 Å². The van der Waals surface area contributed by atoms with Crippen molar-refractivity contribution in [3.8, 4) is 0 Å². The van der Waals surface area contributed by atoms with E-state index in [0.29, 0.717) is 19.5 Å². The number of aliphatic hydroxyl groups is 1. The van der Waals surface area contributed by atoms with Gasteiger partial charge in [0.25, 0.3) is 0 Å². The molecule has 3 rings (SSSR count). The topological polar surface area (TPSA) is 52.1 Å². The van der Waals surface area contributed by atoms with Gasteiger partial charge in [-0.25, -0.2) is 9.37 Å². The number of likely N-dealkylation sites (tertiary alicyclic amines) is 1. The molecule has 0 amide bonds. The van der Waals surface area contributed by atoms with Crippen LogP contribution in [0.1, 0.15) is 23.7 Å². The van der Waals surface area contributed by atoms with E-state index < -0.39 is 0 Å². The molecule has 1 aliphatic heterocycles. The van der Waals surface area contributed by atoms with Gasteiger partial charge in [0, 0.05) is 31.0 Å². The average molecular weight is 261 g/mol. The number of nitrogens with one attached hydrogen (secondary N) is 1. The smallest absolute Gasteiger partial charge is 0.123 e. The maximum Gasteiger partial charge on any atom is 0.123 e. The third kappa shape index (κ3) is 2.67. The van der Waals surface area contributed by atoms with E-state index in [4.69, 9.17) is 0 Å². The zero-order valence-corrected chi connectivity index (χ0v) is 10.5. The number of imidazole rings is 1. The summed E-state index contributed by atoms with van der Waals surface area (Å²) in [4.78, 5) is 9.19. The van der Waals surface area contributed by atoms with Crippen molar-refractivity contribution in [2.75, 3.05) is 6.54 Å². The number of halogens is 1. The first kappa shape index (κ1) is 12.3. The summed E-state index contributed by atoms with van der Waals surface area (Å²) in [6.45, 7) is 1.28. The molecule has 1 aliphatic rings. The van der Waals surface area contributed by atoms with Crippen molar-refractivity contribution in [2.24, 2.45) is 0 Å². The van der Waals surface area contributed by atoms with Crippen LogP contribution >= 0.6 is 0 Å². The molecule has 1 fully saturated rings. The summed E-state index contributed by atoms with van der Waals surface area (Å²) in [7, 11) is 0. The highest BCUT2D eigenvalue weighted by atomic mass is 19.1. The predicted molar refractivity (Wildman–Crippen MR) is 68.8 cm³/mol. The highest BCUT2D eigenvalue weighted by Crippen LogP contribution is 2.33. The third-order valence-corrected chi connectivity index (χ3v) is 3.54. The van der Waals surface area contributed by atoms with Crippen LogP contribution in [-0.2, 0) is 6.54 Å². The van der Waals surface area contributed by atoms with Crippen molar-refractivity contribution < 1.29 is 9.50 Å². The molecule has 100 valence electrons. The van der Waals surface area contributed by atoms with Gasteiger partial charge in [0.1, 0.15) is 5.82 Å². The van der Waals surface area contributed by atoms with Crippen LogP contribution in [0.4, 0.5) is 4.39 Å². The first-order valence-corrected chi connectivity index (χ1v) is 6.37. The Kier molecular flexibility index (Phi) is 3.31. The Labute approximate surface area is 110 Å². The van der Waals surface area contributed by atoms with Crippen LogP contribution in [0.15, 0.2) is 36.8 Å². The molecule has 2 N–H and O–H groups in total. The number of aromatic amines is 1. The number of β-amino-alcohol motifs (C(OH)–C–C–N with tert-alkyl or cyclic N) is 1. The molecule has 4 nitrogen and oxygen atoms in total. The Morgan fingerprint density at radius 3 is 3.11 bits per heavy atom. The van der Waals surface area contributed by atoms with Gasteiger partial charge in [0.2, 0.25) is 0 Å². The van der Waals surface area contributed by atoms with E-state index in [0.717, 1.165) is 11.3 Å². The fraction of sp³-hybridized carbons (Fsp3) is 0.357. The molecule has 2 aromatic rings. The van der Waals surface area contributed by atoms with E-state index >= 15 is 0 Å². The molecular formula is C14H16FN3O. The normalized spacial score (nSPS) is 23.9. The van der Waals surface area contributed by atoms with Gasteiger partial charge in [-0.05, 0) is 24.1 Å². The summed E-state index contributed by atoms with van der Waals surface area (Å²) in [5.74, 6) is -0.236. The number of aromatic nitrogens is 2. The summed E-state index contributed by atoms with van der Waals surface area (Å²) in [6.07, 6.45) is 3.68. The molecule has 0 unspecified atom stereocenters. The van der Waals surface area contributed by atoms with Crippen LogP contribution in [0.2, 0.25) is 0 Å². The van der Waals surface area contributed by atoms with Gasteiger partial charge in [-0.15, -0.1) is 0 Å². The van der Waals surface area contributed by atoms with Crippen molar-refractivity contribution in [3.05, 3.63) is 53.9 Å². The summed E-state index contributed by atoms with van der Waals surface area (Å²) in [5, 5.41) is 9.87. The Hall–Kier alpha value is -1.72. The van der Waals surface area contributed by atoms with Crippen LogP contribution in [0, 0.1) is 5.82 Å². The second-order valence-corrected chi connectivity index (χ2v) is 4.97. The van der Waals surface area contributed by atoms with Gasteiger partial charge in [-0.2, -0.15) is 0 Å². The molecule has 19 heavy (non-hydrogen) atoms. The summed E-state index contributed by atoms with van der Waals surface area (Å²) in [6, 6.07) is 6.65. The zero-order valence-electron chi connectivity index (χ0n) is 10.5. The Morgan fingerprint density at radius 2 is 2.37 bits per heavy atom. The van der Waals surface area contributed by atoms with Gasteiger partial charge in [-0.1, -0.05) is 12.1 Å². The molecule has 1 aromatic carbocycles. The molecule has 0 saturated carbocycles. The second kappa shape index (κ2) is 5.11. The number of aliphatic hydroxyl groups excluding tert-OH is 1. The molecule has 1 saturated heterocycles. The Balaban J connectivity index is 1.82. The fourth-order valence-electron chi connectivity index (χ4n) is 2.70. The first-order valence-electron chi connectivity index (χ1n) is 6.37.